The Kier molecular flexibility index (Phi) is 4.47. The van der Waals surface area contributed by atoms with Crippen LogP contribution in [-0.2, 0) is 4.74 Å². The Morgan fingerprint density at radius 1 is 1.53 bits per heavy atom. The summed E-state index contributed by atoms with van der Waals surface area (Å²) >= 11 is 0. The maximum absolute atomic E-state index is 11.6. The van der Waals surface area contributed by atoms with E-state index in [1.165, 1.54) is 11.1 Å². The van der Waals surface area contributed by atoms with Crippen molar-refractivity contribution in [2.24, 2.45) is 10.7 Å². The van der Waals surface area contributed by atoms with Crippen molar-refractivity contribution in [3.63, 3.8) is 0 Å². The number of hydrogen-bond donors (Lipinski definition) is 1. The van der Waals surface area contributed by atoms with E-state index in [1.807, 2.05) is 0 Å². The van der Waals surface area contributed by atoms with E-state index in [0.29, 0.717) is 13.1 Å². The van der Waals surface area contributed by atoms with Gasteiger partial charge < -0.3 is 19.8 Å². The molecule has 1 amide bonds. The molecule has 1 rings (SSSR count). The highest BCUT2D eigenvalue weighted by molar-refractivity contribution is 5.72. The SMILES string of the molecule is CC(C)(C)OC(=O)N1CC(N=C/C=C(\N)[N+](=O)[O-])C1. The molecule has 0 bridgehead atoms. The molecule has 8 nitrogen and oxygen atoms in total. The first-order valence-electron chi connectivity index (χ1n) is 5.80. The Labute approximate surface area is 111 Å². The van der Waals surface area contributed by atoms with Crippen molar-refractivity contribution in [1.29, 1.82) is 0 Å². The smallest absolute Gasteiger partial charge is 0.410 e. The van der Waals surface area contributed by atoms with E-state index in [1.54, 1.807) is 20.8 Å². The molecule has 1 heterocycles. The predicted octanol–water partition coefficient (Wildman–Crippen LogP) is 0.753. The highest BCUT2D eigenvalue weighted by Gasteiger charge is 2.32. The number of allylic oxidation sites excluding steroid dienone is 1. The molecular weight excluding hydrogens is 252 g/mol. The fourth-order valence-corrected chi connectivity index (χ4v) is 1.33. The Balaban J connectivity index is 2.35. The molecule has 1 fully saturated rings. The summed E-state index contributed by atoms with van der Waals surface area (Å²) < 4.78 is 5.18. The second-order valence-corrected chi connectivity index (χ2v) is 5.19. The third-order valence-corrected chi connectivity index (χ3v) is 2.27. The third kappa shape index (κ3) is 4.94. The molecule has 0 spiro atoms. The standard InChI is InChI=1S/C11H18N4O4/c1-11(2,3)19-10(16)14-6-8(7-14)13-5-4-9(12)15(17)18/h4-5,8H,6-7,12H2,1-3H3/b9-4+,13-5?. The number of nitrogens with two attached hydrogens (primary N) is 1. The zero-order chi connectivity index (χ0) is 14.6. The Bertz CT molecular complexity index is 419. The van der Waals surface area contributed by atoms with Crippen molar-refractivity contribution in [1.82, 2.24) is 4.90 Å². The highest BCUT2D eigenvalue weighted by Crippen LogP contribution is 2.16. The molecule has 106 valence electrons. The van der Waals surface area contributed by atoms with E-state index in [4.69, 9.17) is 10.5 Å². The number of likely N-dealkylation sites (tertiary alicyclic amines) is 1. The van der Waals surface area contributed by atoms with Crippen molar-refractivity contribution in [3.8, 4) is 0 Å². The van der Waals surface area contributed by atoms with Gasteiger partial charge in [0.1, 0.15) is 5.60 Å². The number of rotatable bonds is 3. The normalized spacial score (nSPS) is 17.4. The second kappa shape index (κ2) is 5.68. The van der Waals surface area contributed by atoms with E-state index in [0.717, 1.165) is 6.08 Å². The molecule has 0 radical (unpaired) electrons. The van der Waals surface area contributed by atoms with E-state index in [-0.39, 0.29) is 12.1 Å². The topological polar surface area (TPSA) is 111 Å². The van der Waals surface area contributed by atoms with Gasteiger partial charge in [-0.25, -0.2) is 4.79 Å². The van der Waals surface area contributed by atoms with Crippen LogP contribution in [0.1, 0.15) is 20.8 Å². The summed E-state index contributed by atoms with van der Waals surface area (Å²) in [6, 6.07) is -0.0664. The summed E-state index contributed by atoms with van der Waals surface area (Å²) in [4.78, 5) is 26.7. The lowest BCUT2D eigenvalue weighted by atomic mass is 10.1. The molecule has 0 atom stereocenters. The number of hydrogen-bond acceptors (Lipinski definition) is 6. The van der Waals surface area contributed by atoms with Crippen LogP contribution in [0.3, 0.4) is 0 Å². The van der Waals surface area contributed by atoms with Gasteiger partial charge in [-0.05, 0) is 25.7 Å². The number of nitro groups is 1. The summed E-state index contributed by atoms with van der Waals surface area (Å²) in [5.74, 6) is -0.466. The predicted molar refractivity (Wildman–Crippen MR) is 69.4 cm³/mol. The largest absolute Gasteiger partial charge is 0.444 e. The molecule has 0 saturated carbocycles. The summed E-state index contributed by atoms with van der Waals surface area (Å²) in [6.45, 7) is 6.28. The van der Waals surface area contributed by atoms with Crippen LogP contribution < -0.4 is 5.73 Å². The maximum atomic E-state index is 11.6. The lowest BCUT2D eigenvalue weighted by Gasteiger charge is -2.37. The first kappa shape index (κ1) is 14.9. The third-order valence-electron chi connectivity index (χ3n) is 2.27. The molecule has 2 N–H and O–H groups in total. The second-order valence-electron chi connectivity index (χ2n) is 5.19. The van der Waals surface area contributed by atoms with Crippen molar-refractivity contribution in [3.05, 3.63) is 22.0 Å². The average molecular weight is 270 g/mol. The fourth-order valence-electron chi connectivity index (χ4n) is 1.33. The molecule has 19 heavy (non-hydrogen) atoms. The van der Waals surface area contributed by atoms with E-state index in [2.05, 4.69) is 4.99 Å². The van der Waals surface area contributed by atoms with Crippen LogP contribution in [0.15, 0.2) is 16.9 Å². The van der Waals surface area contributed by atoms with Crippen LogP contribution in [-0.4, -0.2) is 46.9 Å². The number of amides is 1. The molecule has 1 aliphatic heterocycles. The lowest BCUT2D eigenvalue weighted by Crippen LogP contribution is -2.54. The zero-order valence-electron chi connectivity index (χ0n) is 11.2. The fraction of sp³-hybridized carbons (Fsp3) is 0.636. The van der Waals surface area contributed by atoms with Crippen LogP contribution >= 0.6 is 0 Å². The number of carbonyl (C=O) groups is 1. The summed E-state index contributed by atoms with van der Waals surface area (Å²) in [6.07, 6.45) is 2.03. The first-order valence-corrected chi connectivity index (χ1v) is 5.80. The maximum Gasteiger partial charge on any atom is 0.410 e. The van der Waals surface area contributed by atoms with E-state index < -0.39 is 16.3 Å². The van der Waals surface area contributed by atoms with Gasteiger partial charge in [0.05, 0.1) is 6.04 Å². The summed E-state index contributed by atoms with van der Waals surface area (Å²) in [5.41, 5.74) is 4.57. The zero-order valence-corrected chi connectivity index (χ0v) is 11.2. The van der Waals surface area contributed by atoms with Crippen LogP contribution in [0.25, 0.3) is 0 Å². The molecule has 1 saturated heterocycles. The molecule has 0 aromatic heterocycles. The molecule has 0 aromatic carbocycles. The van der Waals surface area contributed by atoms with Gasteiger partial charge >= 0.3 is 11.9 Å². The molecular formula is C11H18N4O4. The van der Waals surface area contributed by atoms with Crippen molar-refractivity contribution in [2.75, 3.05) is 13.1 Å². The quantitative estimate of drug-likeness (QED) is 0.462. The number of nitrogens with zero attached hydrogens (tertiary/aromatic N) is 3. The van der Waals surface area contributed by atoms with Gasteiger partial charge in [-0.15, -0.1) is 0 Å². The lowest BCUT2D eigenvalue weighted by molar-refractivity contribution is -0.426. The minimum atomic E-state index is -0.695. The van der Waals surface area contributed by atoms with Crippen LogP contribution in [0, 0.1) is 10.1 Å². The minimum absolute atomic E-state index is 0.0664. The molecule has 0 unspecified atom stereocenters. The Hall–Kier alpha value is -2.12. The number of aliphatic imine (C=N–C) groups is 1. The number of carbonyl (C=O) groups excluding carboxylic acids is 1. The van der Waals surface area contributed by atoms with Crippen LogP contribution in [0.4, 0.5) is 4.79 Å². The van der Waals surface area contributed by atoms with Gasteiger partial charge in [0, 0.05) is 25.4 Å². The average Bonchev–Trinajstić information content (AvgIpc) is 2.17. The van der Waals surface area contributed by atoms with Gasteiger partial charge in [-0.1, -0.05) is 0 Å². The van der Waals surface area contributed by atoms with Gasteiger partial charge in [0.15, 0.2) is 0 Å². The molecule has 1 aliphatic rings. The van der Waals surface area contributed by atoms with Gasteiger partial charge in [-0.3, -0.25) is 10.7 Å². The van der Waals surface area contributed by atoms with Crippen LogP contribution in [0.2, 0.25) is 0 Å². The molecule has 8 heteroatoms. The summed E-state index contributed by atoms with van der Waals surface area (Å²) in [5, 5.41) is 10.2. The Morgan fingerprint density at radius 2 is 2.11 bits per heavy atom. The Morgan fingerprint density at radius 3 is 2.58 bits per heavy atom. The van der Waals surface area contributed by atoms with E-state index in [9.17, 15) is 14.9 Å². The van der Waals surface area contributed by atoms with Crippen molar-refractivity contribution >= 4 is 12.3 Å². The first-order chi connectivity index (χ1) is 8.69. The highest BCUT2D eigenvalue weighted by atomic mass is 16.6. The van der Waals surface area contributed by atoms with E-state index >= 15 is 0 Å². The minimum Gasteiger partial charge on any atom is -0.444 e. The van der Waals surface area contributed by atoms with Gasteiger partial charge in [0.25, 0.3) is 0 Å². The van der Waals surface area contributed by atoms with Gasteiger partial charge in [-0.2, -0.15) is 0 Å². The molecule has 0 aromatic rings. The van der Waals surface area contributed by atoms with Gasteiger partial charge in [0.2, 0.25) is 0 Å². The summed E-state index contributed by atoms with van der Waals surface area (Å²) in [7, 11) is 0. The number of ether oxygens (including phenoxy) is 1. The monoisotopic (exact) mass is 270 g/mol. The van der Waals surface area contributed by atoms with Crippen molar-refractivity contribution < 1.29 is 14.5 Å². The van der Waals surface area contributed by atoms with Crippen molar-refractivity contribution in [2.45, 2.75) is 32.4 Å². The van der Waals surface area contributed by atoms with Crippen LogP contribution in [0.5, 0.6) is 0 Å². The molecule has 0 aliphatic carbocycles.